The zero-order valence-corrected chi connectivity index (χ0v) is 18.1. The number of aryl methyl sites for hydroxylation is 3. The lowest BCUT2D eigenvalue weighted by molar-refractivity contribution is 0.0519. The van der Waals surface area contributed by atoms with Crippen LogP contribution < -0.4 is 0 Å². The fourth-order valence-electron chi connectivity index (χ4n) is 4.09. The Bertz CT molecular complexity index is 1010. The highest BCUT2D eigenvalue weighted by Crippen LogP contribution is 2.31. The van der Waals surface area contributed by atoms with Gasteiger partial charge in [0.05, 0.1) is 6.61 Å². The van der Waals surface area contributed by atoms with Crippen LogP contribution in [-0.4, -0.2) is 40.6 Å². The van der Waals surface area contributed by atoms with Gasteiger partial charge in [-0.2, -0.15) is 0 Å². The summed E-state index contributed by atoms with van der Waals surface area (Å²) >= 11 is 0. The largest absolute Gasteiger partial charge is 0.461 e. The van der Waals surface area contributed by atoms with Crippen molar-refractivity contribution in [3.05, 3.63) is 64.6 Å². The monoisotopic (exact) mass is 413 g/mol. The molecule has 1 aliphatic rings. The molecule has 2 aromatic heterocycles. The summed E-state index contributed by atoms with van der Waals surface area (Å²) < 4.78 is 7.49. The van der Waals surface area contributed by atoms with Crippen LogP contribution in [0, 0.1) is 6.92 Å². The summed E-state index contributed by atoms with van der Waals surface area (Å²) in [4.78, 5) is 18.4. The van der Waals surface area contributed by atoms with E-state index in [0.717, 1.165) is 38.0 Å². The Kier molecular flexibility index (Phi) is 6.60. The molecule has 0 spiro atoms. The van der Waals surface area contributed by atoms with E-state index in [0.29, 0.717) is 12.3 Å². The van der Waals surface area contributed by atoms with Gasteiger partial charge in [-0.3, -0.25) is 0 Å². The normalized spacial score (nSPS) is 13.8. The van der Waals surface area contributed by atoms with E-state index < -0.39 is 0 Å². The first kappa shape index (κ1) is 21.3. The number of nitrogens with zero attached hydrogens (tertiary/aromatic N) is 3. The van der Waals surface area contributed by atoms with Crippen LogP contribution in [0.3, 0.4) is 0 Å². The maximum atomic E-state index is 11.8. The highest BCUT2D eigenvalue weighted by molar-refractivity contribution is 5.87. The van der Waals surface area contributed by atoms with E-state index in [-0.39, 0.29) is 18.4 Å². The van der Waals surface area contributed by atoms with Gasteiger partial charge in [0, 0.05) is 48.8 Å². The Morgan fingerprint density at radius 2 is 2.07 bits per heavy atom. The standard InChI is InChI=1S/C23H27N3O2.ClH/c1-4-28-23(27)20-7-6-17(14-24-20)9-12-26-21-8-5-16(2)13-18(21)19-15-25(3)11-10-22(19)26;/h5-8,13-14H,4,9-12,15H2,1-3H3;1H. The number of pyridine rings is 1. The Morgan fingerprint density at radius 1 is 1.24 bits per heavy atom. The van der Waals surface area contributed by atoms with Gasteiger partial charge in [-0.15, -0.1) is 12.4 Å². The summed E-state index contributed by atoms with van der Waals surface area (Å²) in [5, 5.41) is 1.39. The highest BCUT2D eigenvalue weighted by Gasteiger charge is 2.22. The fourth-order valence-corrected chi connectivity index (χ4v) is 4.09. The van der Waals surface area contributed by atoms with Crippen molar-refractivity contribution in [2.24, 2.45) is 0 Å². The summed E-state index contributed by atoms with van der Waals surface area (Å²) in [6, 6.07) is 10.5. The van der Waals surface area contributed by atoms with Gasteiger partial charge in [0.25, 0.3) is 0 Å². The molecule has 0 radical (unpaired) electrons. The van der Waals surface area contributed by atoms with Gasteiger partial charge in [0.15, 0.2) is 0 Å². The van der Waals surface area contributed by atoms with Gasteiger partial charge in [0.1, 0.15) is 5.69 Å². The van der Waals surface area contributed by atoms with Crippen LogP contribution >= 0.6 is 12.4 Å². The van der Waals surface area contributed by atoms with Crippen molar-refractivity contribution in [1.29, 1.82) is 0 Å². The number of rotatable bonds is 5. The number of halogens is 1. The second-order valence-corrected chi connectivity index (χ2v) is 7.61. The van der Waals surface area contributed by atoms with E-state index in [4.69, 9.17) is 4.74 Å². The summed E-state index contributed by atoms with van der Waals surface area (Å²) in [5.74, 6) is -0.362. The predicted octanol–water partition coefficient (Wildman–Crippen LogP) is 4.17. The Labute approximate surface area is 178 Å². The number of carbonyl (C=O) groups excluding carboxylic acids is 1. The first-order valence-corrected chi connectivity index (χ1v) is 9.98. The molecule has 3 aromatic rings. The van der Waals surface area contributed by atoms with E-state index in [9.17, 15) is 4.79 Å². The summed E-state index contributed by atoms with van der Waals surface area (Å²) in [5.41, 5.74) is 7.07. The molecule has 1 aliphatic heterocycles. The van der Waals surface area contributed by atoms with Crippen molar-refractivity contribution in [3.8, 4) is 0 Å². The molecule has 0 N–H and O–H groups in total. The molecule has 1 aromatic carbocycles. The van der Waals surface area contributed by atoms with Gasteiger partial charge in [-0.25, -0.2) is 9.78 Å². The molecular weight excluding hydrogens is 386 g/mol. The average Bonchev–Trinajstić information content (AvgIpc) is 2.99. The first-order chi connectivity index (χ1) is 13.6. The maximum Gasteiger partial charge on any atom is 0.356 e. The molecule has 154 valence electrons. The highest BCUT2D eigenvalue weighted by atomic mass is 35.5. The second kappa shape index (κ2) is 8.97. The molecule has 4 rings (SSSR count). The lowest BCUT2D eigenvalue weighted by Gasteiger charge is -2.24. The Balaban J connectivity index is 0.00000240. The molecule has 0 amide bonds. The number of hydrogen-bond donors (Lipinski definition) is 0. The van der Waals surface area contributed by atoms with Crippen molar-refractivity contribution in [3.63, 3.8) is 0 Å². The number of benzene rings is 1. The van der Waals surface area contributed by atoms with Crippen molar-refractivity contribution in [2.45, 2.75) is 39.8 Å². The third kappa shape index (κ3) is 4.31. The first-order valence-electron chi connectivity index (χ1n) is 9.98. The van der Waals surface area contributed by atoms with Crippen molar-refractivity contribution in [2.75, 3.05) is 20.2 Å². The van der Waals surface area contributed by atoms with Gasteiger partial charge >= 0.3 is 5.97 Å². The molecular formula is C23H28ClN3O2. The van der Waals surface area contributed by atoms with Crippen LogP contribution in [0.2, 0.25) is 0 Å². The van der Waals surface area contributed by atoms with E-state index in [1.165, 1.54) is 27.7 Å². The van der Waals surface area contributed by atoms with E-state index in [1.807, 2.05) is 6.07 Å². The number of carbonyl (C=O) groups is 1. The Hall–Kier alpha value is -2.37. The smallest absolute Gasteiger partial charge is 0.356 e. The van der Waals surface area contributed by atoms with E-state index in [2.05, 4.69) is 46.6 Å². The topological polar surface area (TPSA) is 47.4 Å². The van der Waals surface area contributed by atoms with Crippen LogP contribution in [0.4, 0.5) is 0 Å². The minimum absolute atomic E-state index is 0. The minimum Gasteiger partial charge on any atom is -0.461 e. The van der Waals surface area contributed by atoms with Crippen LogP contribution in [-0.2, 0) is 30.7 Å². The summed E-state index contributed by atoms with van der Waals surface area (Å²) in [7, 11) is 2.19. The molecule has 0 atom stereocenters. The number of hydrogen-bond acceptors (Lipinski definition) is 4. The number of ether oxygens (including phenoxy) is 1. The molecule has 29 heavy (non-hydrogen) atoms. The molecule has 0 unspecified atom stereocenters. The average molecular weight is 414 g/mol. The predicted molar refractivity (Wildman–Crippen MR) is 118 cm³/mol. The lowest BCUT2D eigenvalue weighted by Crippen LogP contribution is -2.27. The second-order valence-electron chi connectivity index (χ2n) is 7.61. The van der Waals surface area contributed by atoms with Gasteiger partial charge in [0.2, 0.25) is 0 Å². The number of fused-ring (bicyclic) bond motifs is 3. The third-order valence-electron chi connectivity index (χ3n) is 5.53. The van der Waals surface area contributed by atoms with Crippen LogP contribution in [0.15, 0.2) is 36.5 Å². The summed E-state index contributed by atoms with van der Waals surface area (Å²) in [6.45, 7) is 7.35. The van der Waals surface area contributed by atoms with E-state index in [1.54, 1.807) is 19.2 Å². The fraction of sp³-hybridized carbons (Fsp3) is 0.391. The van der Waals surface area contributed by atoms with Crippen molar-refractivity contribution in [1.82, 2.24) is 14.5 Å². The molecule has 5 nitrogen and oxygen atoms in total. The van der Waals surface area contributed by atoms with Crippen molar-refractivity contribution >= 4 is 29.3 Å². The summed E-state index contributed by atoms with van der Waals surface area (Å²) in [6.07, 6.45) is 3.76. The Morgan fingerprint density at radius 3 is 2.79 bits per heavy atom. The molecule has 0 fully saturated rings. The quantitative estimate of drug-likeness (QED) is 0.589. The molecule has 6 heteroatoms. The molecule has 0 saturated heterocycles. The van der Waals surface area contributed by atoms with E-state index >= 15 is 0 Å². The SMILES string of the molecule is CCOC(=O)c1ccc(CCn2c3c(c4cc(C)ccc42)CN(C)CC3)cn1.Cl. The number of likely N-dealkylation sites (N-methyl/N-ethyl adjacent to an activating group) is 1. The molecule has 0 saturated carbocycles. The van der Waals surface area contributed by atoms with Crippen LogP contribution in [0.1, 0.15) is 39.8 Å². The van der Waals surface area contributed by atoms with Crippen molar-refractivity contribution < 1.29 is 9.53 Å². The van der Waals surface area contributed by atoms with Gasteiger partial charge < -0.3 is 14.2 Å². The number of aromatic nitrogens is 2. The molecule has 0 aliphatic carbocycles. The lowest BCUT2D eigenvalue weighted by atomic mass is 10.0. The zero-order valence-electron chi connectivity index (χ0n) is 17.3. The van der Waals surface area contributed by atoms with Crippen LogP contribution in [0.25, 0.3) is 10.9 Å². The van der Waals surface area contributed by atoms with Gasteiger partial charge in [-0.1, -0.05) is 17.7 Å². The maximum absolute atomic E-state index is 11.8. The molecule has 3 heterocycles. The van der Waals surface area contributed by atoms with Gasteiger partial charge in [-0.05, 0) is 56.6 Å². The number of esters is 1. The zero-order chi connectivity index (χ0) is 19.7. The molecule has 0 bridgehead atoms. The van der Waals surface area contributed by atoms with Crippen LogP contribution in [0.5, 0.6) is 0 Å². The third-order valence-corrected chi connectivity index (χ3v) is 5.53. The minimum atomic E-state index is -0.362.